The summed E-state index contributed by atoms with van der Waals surface area (Å²) < 4.78 is 39.2. The van der Waals surface area contributed by atoms with Gasteiger partial charge in [0.1, 0.15) is 5.82 Å². The van der Waals surface area contributed by atoms with Gasteiger partial charge in [0, 0.05) is 40.5 Å². The molecule has 6 nitrogen and oxygen atoms in total. The fourth-order valence-electron chi connectivity index (χ4n) is 2.88. The van der Waals surface area contributed by atoms with Crippen LogP contribution in [0.3, 0.4) is 0 Å². The van der Waals surface area contributed by atoms with E-state index < -0.39 is 24.1 Å². The van der Waals surface area contributed by atoms with Gasteiger partial charge in [-0.3, -0.25) is 25.4 Å². The van der Waals surface area contributed by atoms with Crippen molar-refractivity contribution in [3.63, 3.8) is 0 Å². The first-order chi connectivity index (χ1) is 15.4. The molecule has 2 amide bonds. The summed E-state index contributed by atoms with van der Waals surface area (Å²) >= 11 is 0. The molecule has 1 heterocycles. The molecular weight excluding hydrogens is 421 g/mol. The third-order valence-electron chi connectivity index (χ3n) is 4.55. The van der Waals surface area contributed by atoms with Crippen molar-refractivity contribution < 1.29 is 22.8 Å². The summed E-state index contributed by atoms with van der Waals surface area (Å²) in [7, 11) is 0. The molecule has 0 unspecified atom stereocenters. The predicted octanol–water partition coefficient (Wildman–Crippen LogP) is 3.92. The Balaban J connectivity index is 1.81. The van der Waals surface area contributed by atoms with Gasteiger partial charge in [0.25, 0.3) is 5.91 Å². The summed E-state index contributed by atoms with van der Waals surface area (Å²) in [6.07, 6.45) is -0.0264. The number of rotatable bonds is 7. The lowest BCUT2D eigenvalue weighted by molar-refractivity contribution is -0.132. The highest BCUT2D eigenvalue weighted by molar-refractivity contribution is 5.95. The van der Waals surface area contributed by atoms with Gasteiger partial charge in [-0.1, -0.05) is 30.8 Å². The molecule has 0 aliphatic rings. The zero-order valence-corrected chi connectivity index (χ0v) is 16.8. The number of hydrazine groups is 1. The molecule has 0 aliphatic heterocycles. The molecule has 0 aliphatic carbocycles. The fraction of sp³-hybridized carbons (Fsp3) is 0.0870. The number of halogens is 3. The number of nitrogens with zero attached hydrogens (tertiary/aromatic N) is 2. The summed E-state index contributed by atoms with van der Waals surface area (Å²) in [5, 5.41) is 0. The molecule has 3 rings (SSSR count). The Bertz CT molecular complexity index is 1110. The number of anilines is 1. The molecule has 1 aromatic heterocycles. The Morgan fingerprint density at radius 2 is 1.66 bits per heavy atom. The fourth-order valence-corrected chi connectivity index (χ4v) is 2.88. The van der Waals surface area contributed by atoms with Crippen molar-refractivity contribution in [1.29, 1.82) is 0 Å². The maximum absolute atomic E-state index is 14.8. The van der Waals surface area contributed by atoms with Crippen LogP contribution in [0, 0.1) is 5.82 Å². The minimum atomic E-state index is -3.29. The van der Waals surface area contributed by atoms with Crippen LogP contribution in [0.4, 0.5) is 18.9 Å². The van der Waals surface area contributed by atoms with Crippen molar-refractivity contribution in [3.8, 4) is 0 Å². The Morgan fingerprint density at radius 1 is 0.969 bits per heavy atom. The minimum absolute atomic E-state index is 0.112. The van der Waals surface area contributed by atoms with Gasteiger partial charge in [-0.25, -0.2) is 4.39 Å². The first-order valence-electron chi connectivity index (χ1n) is 9.45. The van der Waals surface area contributed by atoms with Gasteiger partial charge >= 0.3 is 12.3 Å². The molecule has 0 radical (unpaired) electrons. The molecule has 2 aromatic carbocycles. The van der Waals surface area contributed by atoms with Crippen molar-refractivity contribution in [2.24, 2.45) is 0 Å². The third-order valence-corrected chi connectivity index (χ3v) is 4.55. The van der Waals surface area contributed by atoms with E-state index in [1.807, 2.05) is 40.7 Å². The second-order valence-corrected chi connectivity index (χ2v) is 6.65. The van der Waals surface area contributed by atoms with E-state index >= 15 is 0 Å². The Morgan fingerprint density at radius 3 is 2.28 bits per heavy atom. The number of hydrogen-bond donors (Lipinski definition) is 2. The molecule has 32 heavy (non-hydrogen) atoms. The highest BCUT2D eigenvalue weighted by atomic mass is 19.3. The molecule has 0 fully saturated rings. The van der Waals surface area contributed by atoms with Crippen molar-refractivity contribution >= 4 is 23.2 Å². The van der Waals surface area contributed by atoms with Gasteiger partial charge < -0.3 is 4.90 Å². The molecule has 0 bridgehead atoms. The predicted molar refractivity (Wildman–Crippen MR) is 114 cm³/mol. The monoisotopic (exact) mass is 440 g/mol. The Hall–Kier alpha value is -4.14. The standard InChI is InChI=1S/C23H19F3N4O2/c1-15(16-9-11-27-12-10-16)30(19-5-3-2-4-6-19)14-18-8-7-17(13-20(18)24)22(31)28-29-23(32)21(25)26/h2-13,21H,1,14H2,(H,28,31)(H,29,32). The number of nitrogens with one attached hydrogen (secondary N) is 2. The molecule has 2 N–H and O–H groups in total. The second-order valence-electron chi connectivity index (χ2n) is 6.65. The van der Waals surface area contributed by atoms with Crippen LogP contribution in [0.15, 0.2) is 79.6 Å². The van der Waals surface area contributed by atoms with Crippen LogP contribution in [0.25, 0.3) is 5.70 Å². The summed E-state index contributed by atoms with van der Waals surface area (Å²) in [6, 6.07) is 16.6. The van der Waals surface area contributed by atoms with Crippen LogP contribution in [-0.4, -0.2) is 23.2 Å². The number of carbonyl (C=O) groups is 2. The average Bonchev–Trinajstić information content (AvgIpc) is 2.82. The van der Waals surface area contributed by atoms with Gasteiger partial charge in [-0.2, -0.15) is 8.78 Å². The number of amides is 2. The van der Waals surface area contributed by atoms with Crippen LogP contribution in [-0.2, 0) is 11.3 Å². The molecule has 0 saturated carbocycles. The number of carbonyl (C=O) groups excluding carboxylic acids is 2. The first-order valence-corrected chi connectivity index (χ1v) is 9.45. The largest absolute Gasteiger partial charge is 0.337 e. The minimum Gasteiger partial charge on any atom is -0.337 e. The number of pyridine rings is 1. The van der Waals surface area contributed by atoms with Crippen molar-refractivity contribution in [2.45, 2.75) is 13.0 Å². The van der Waals surface area contributed by atoms with E-state index in [1.165, 1.54) is 12.1 Å². The van der Waals surface area contributed by atoms with Crippen LogP contribution in [0.5, 0.6) is 0 Å². The molecule has 0 atom stereocenters. The zero-order valence-electron chi connectivity index (χ0n) is 16.8. The SMILES string of the molecule is C=C(c1ccncc1)N(Cc1ccc(C(=O)NNC(=O)C(F)F)cc1F)c1ccccc1. The highest BCUT2D eigenvalue weighted by Gasteiger charge is 2.18. The Labute approximate surface area is 182 Å². The quantitative estimate of drug-likeness (QED) is 0.546. The van der Waals surface area contributed by atoms with Gasteiger partial charge in [-0.15, -0.1) is 0 Å². The topological polar surface area (TPSA) is 74.3 Å². The van der Waals surface area contributed by atoms with Crippen molar-refractivity contribution in [3.05, 3.63) is 102 Å². The lowest BCUT2D eigenvalue weighted by atomic mass is 10.1. The maximum Gasteiger partial charge on any atom is 0.317 e. The van der Waals surface area contributed by atoms with E-state index in [0.29, 0.717) is 5.70 Å². The maximum atomic E-state index is 14.8. The third kappa shape index (κ3) is 5.51. The van der Waals surface area contributed by atoms with E-state index in [2.05, 4.69) is 11.6 Å². The summed E-state index contributed by atoms with van der Waals surface area (Å²) in [5.41, 5.74) is 5.72. The van der Waals surface area contributed by atoms with E-state index in [1.54, 1.807) is 30.0 Å². The zero-order chi connectivity index (χ0) is 23.1. The highest BCUT2D eigenvalue weighted by Crippen LogP contribution is 2.27. The van der Waals surface area contributed by atoms with E-state index in [9.17, 15) is 22.8 Å². The Kier molecular flexibility index (Phi) is 7.22. The number of para-hydroxylation sites is 1. The van der Waals surface area contributed by atoms with E-state index in [0.717, 1.165) is 17.3 Å². The average molecular weight is 440 g/mol. The van der Waals surface area contributed by atoms with Gasteiger partial charge in [-0.05, 0) is 36.4 Å². The second kappa shape index (κ2) is 10.3. The van der Waals surface area contributed by atoms with E-state index in [4.69, 9.17) is 0 Å². The molecule has 9 heteroatoms. The lowest BCUT2D eigenvalue weighted by Gasteiger charge is -2.27. The van der Waals surface area contributed by atoms with Gasteiger partial charge in [0.15, 0.2) is 0 Å². The lowest BCUT2D eigenvalue weighted by Crippen LogP contribution is -2.44. The normalized spacial score (nSPS) is 10.5. The number of alkyl halides is 2. The summed E-state index contributed by atoms with van der Waals surface area (Å²) in [5.74, 6) is -3.27. The summed E-state index contributed by atoms with van der Waals surface area (Å²) in [6.45, 7) is 4.25. The van der Waals surface area contributed by atoms with Crippen LogP contribution in [0.2, 0.25) is 0 Å². The first kappa shape index (κ1) is 22.5. The van der Waals surface area contributed by atoms with Gasteiger partial charge in [0.2, 0.25) is 0 Å². The van der Waals surface area contributed by atoms with Crippen LogP contribution in [0.1, 0.15) is 21.5 Å². The number of hydrogen-bond acceptors (Lipinski definition) is 4. The van der Waals surface area contributed by atoms with Gasteiger partial charge in [0.05, 0.1) is 6.54 Å². The van der Waals surface area contributed by atoms with Crippen LogP contribution < -0.4 is 15.8 Å². The number of benzene rings is 2. The van der Waals surface area contributed by atoms with Crippen molar-refractivity contribution in [1.82, 2.24) is 15.8 Å². The summed E-state index contributed by atoms with van der Waals surface area (Å²) in [4.78, 5) is 28.7. The number of aromatic nitrogens is 1. The van der Waals surface area contributed by atoms with Crippen LogP contribution >= 0.6 is 0 Å². The molecule has 0 saturated heterocycles. The molecular formula is C23H19F3N4O2. The van der Waals surface area contributed by atoms with Crippen molar-refractivity contribution in [2.75, 3.05) is 4.90 Å². The van der Waals surface area contributed by atoms with E-state index in [-0.39, 0.29) is 17.7 Å². The molecule has 3 aromatic rings. The molecule has 0 spiro atoms. The smallest absolute Gasteiger partial charge is 0.317 e. The molecule has 164 valence electrons.